The SMILES string of the molecule is CCC(C)[C@H](CC(=O)OCC1c2ccccc2-c2ccccc21)C(=O)O. The Hall–Kier alpha value is -2.62. The molecule has 2 aromatic rings. The number of aliphatic carboxylic acids is 1. The summed E-state index contributed by atoms with van der Waals surface area (Å²) in [6.07, 6.45) is 0.633. The number of carbonyl (C=O) groups is 2. The first kappa shape index (κ1) is 18.2. The van der Waals surface area contributed by atoms with Crippen molar-refractivity contribution in [3.8, 4) is 11.1 Å². The van der Waals surface area contributed by atoms with Crippen molar-refractivity contribution in [1.29, 1.82) is 0 Å². The summed E-state index contributed by atoms with van der Waals surface area (Å²) in [5, 5.41) is 9.36. The fourth-order valence-corrected chi connectivity index (χ4v) is 3.67. The molecule has 0 saturated heterocycles. The van der Waals surface area contributed by atoms with Crippen LogP contribution < -0.4 is 0 Å². The third-order valence-corrected chi connectivity index (χ3v) is 5.41. The molecule has 0 radical (unpaired) electrons. The van der Waals surface area contributed by atoms with Crippen molar-refractivity contribution >= 4 is 11.9 Å². The summed E-state index contributed by atoms with van der Waals surface area (Å²) in [7, 11) is 0. The molecule has 0 aliphatic heterocycles. The molecule has 1 unspecified atom stereocenters. The first-order chi connectivity index (χ1) is 12.5. The number of hydrogen-bond acceptors (Lipinski definition) is 3. The molecule has 0 fully saturated rings. The maximum Gasteiger partial charge on any atom is 0.307 e. The molecule has 0 aromatic heterocycles. The van der Waals surface area contributed by atoms with E-state index in [0.717, 1.165) is 11.1 Å². The number of fused-ring (bicyclic) bond motifs is 3. The number of ether oxygens (including phenoxy) is 1. The molecule has 3 rings (SSSR count). The lowest BCUT2D eigenvalue weighted by molar-refractivity contribution is -0.153. The van der Waals surface area contributed by atoms with E-state index in [1.54, 1.807) is 0 Å². The van der Waals surface area contributed by atoms with Crippen molar-refractivity contribution < 1.29 is 19.4 Å². The van der Waals surface area contributed by atoms with Crippen molar-refractivity contribution in [3.63, 3.8) is 0 Å². The van der Waals surface area contributed by atoms with Gasteiger partial charge in [-0.15, -0.1) is 0 Å². The van der Waals surface area contributed by atoms with E-state index < -0.39 is 17.9 Å². The molecule has 4 heteroatoms. The average Bonchev–Trinajstić information content (AvgIpc) is 2.97. The molecule has 1 N–H and O–H groups in total. The highest BCUT2D eigenvalue weighted by Crippen LogP contribution is 2.44. The Balaban J connectivity index is 1.72. The maximum atomic E-state index is 12.3. The molecule has 0 saturated carbocycles. The van der Waals surface area contributed by atoms with Gasteiger partial charge in [-0.05, 0) is 28.2 Å². The Bertz CT molecular complexity index is 766. The van der Waals surface area contributed by atoms with Crippen LogP contribution in [0.1, 0.15) is 43.7 Å². The average molecular weight is 352 g/mol. The Labute approximate surface area is 153 Å². The minimum absolute atomic E-state index is 0.00164. The predicted octanol–water partition coefficient (Wildman–Crippen LogP) is 4.48. The number of esters is 1. The zero-order chi connectivity index (χ0) is 18.7. The number of carboxylic acids is 1. The summed E-state index contributed by atoms with van der Waals surface area (Å²) in [5.41, 5.74) is 4.65. The topological polar surface area (TPSA) is 63.6 Å². The lowest BCUT2D eigenvalue weighted by atomic mass is 9.89. The molecule has 2 aromatic carbocycles. The monoisotopic (exact) mass is 352 g/mol. The van der Waals surface area contributed by atoms with E-state index in [1.807, 2.05) is 38.1 Å². The molecule has 2 atom stereocenters. The van der Waals surface area contributed by atoms with Gasteiger partial charge < -0.3 is 9.84 Å². The predicted molar refractivity (Wildman–Crippen MR) is 99.9 cm³/mol. The zero-order valence-electron chi connectivity index (χ0n) is 15.1. The number of hydrogen-bond donors (Lipinski definition) is 1. The lowest BCUT2D eigenvalue weighted by Crippen LogP contribution is -2.26. The van der Waals surface area contributed by atoms with Crippen LogP contribution in [0.15, 0.2) is 48.5 Å². The minimum Gasteiger partial charge on any atom is -0.481 e. The fourth-order valence-electron chi connectivity index (χ4n) is 3.67. The summed E-state index contributed by atoms with van der Waals surface area (Å²) in [6.45, 7) is 4.02. The standard InChI is InChI=1S/C22H24O4/c1-3-14(2)19(22(24)25)12-21(23)26-13-20-17-10-6-4-8-15(17)16-9-5-7-11-18(16)20/h4-11,14,19-20H,3,12-13H2,1-2H3,(H,24,25)/t14?,19-/m0/s1. The van der Waals surface area contributed by atoms with Gasteiger partial charge in [0.1, 0.15) is 6.61 Å². The molecule has 0 heterocycles. The maximum absolute atomic E-state index is 12.3. The van der Waals surface area contributed by atoms with Gasteiger partial charge in [-0.25, -0.2) is 0 Å². The Morgan fingerprint density at radius 3 is 2.08 bits per heavy atom. The van der Waals surface area contributed by atoms with E-state index in [-0.39, 0.29) is 24.9 Å². The summed E-state index contributed by atoms with van der Waals surface area (Å²) in [4.78, 5) is 23.7. The van der Waals surface area contributed by atoms with Gasteiger partial charge in [-0.1, -0.05) is 68.8 Å². The van der Waals surface area contributed by atoms with Crippen LogP contribution in [-0.4, -0.2) is 23.7 Å². The summed E-state index contributed by atoms with van der Waals surface area (Å²) < 4.78 is 5.51. The highest BCUT2D eigenvalue weighted by Gasteiger charge is 2.31. The molecule has 0 amide bonds. The van der Waals surface area contributed by atoms with Gasteiger partial charge in [0, 0.05) is 5.92 Å². The highest BCUT2D eigenvalue weighted by molar-refractivity contribution is 5.80. The minimum atomic E-state index is -0.937. The molecule has 136 valence electrons. The van der Waals surface area contributed by atoms with E-state index in [9.17, 15) is 14.7 Å². The van der Waals surface area contributed by atoms with Crippen LogP contribution in [0.5, 0.6) is 0 Å². The first-order valence-corrected chi connectivity index (χ1v) is 9.09. The van der Waals surface area contributed by atoms with Crippen LogP contribution in [0.3, 0.4) is 0 Å². The van der Waals surface area contributed by atoms with Crippen molar-refractivity contribution in [3.05, 3.63) is 59.7 Å². The Kier molecular flexibility index (Phi) is 5.40. The van der Waals surface area contributed by atoms with E-state index >= 15 is 0 Å². The summed E-state index contributed by atoms with van der Waals surface area (Å²) in [6, 6.07) is 16.3. The van der Waals surface area contributed by atoms with Crippen LogP contribution in [0.4, 0.5) is 0 Å². The second-order valence-electron chi connectivity index (χ2n) is 6.94. The van der Waals surface area contributed by atoms with Crippen molar-refractivity contribution in [2.45, 2.75) is 32.6 Å². The number of benzene rings is 2. The van der Waals surface area contributed by atoms with Gasteiger partial charge in [0.2, 0.25) is 0 Å². The Morgan fingerprint density at radius 2 is 1.58 bits per heavy atom. The van der Waals surface area contributed by atoms with Crippen molar-refractivity contribution in [2.24, 2.45) is 11.8 Å². The van der Waals surface area contributed by atoms with E-state index in [2.05, 4.69) is 24.3 Å². The second kappa shape index (κ2) is 7.73. The number of rotatable bonds is 7. The molecule has 0 bridgehead atoms. The largest absolute Gasteiger partial charge is 0.481 e. The third-order valence-electron chi connectivity index (χ3n) is 5.41. The number of carboxylic acid groups (broad SMARTS) is 1. The second-order valence-corrected chi connectivity index (χ2v) is 6.94. The van der Waals surface area contributed by atoms with Gasteiger partial charge >= 0.3 is 11.9 Å². The number of carbonyl (C=O) groups excluding carboxylic acids is 1. The van der Waals surface area contributed by atoms with Crippen molar-refractivity contribution in [1.82, 2.24) is 0 Å². The van der Waals surface area contributed by atoms with Crippen LogP contribution in [0.25, 0.3) is 11.1 Å². The molecule has 1 aliphatic carbocycles. The summed E-state index contributed by atoms with van der Waals surface area (Å²) >= 11 is 0. The van der Waals surface area contributed by atoms with E-state index in [1.165, 1.54) is 11.1 Å². The molecular formula is C22H24O4. The molecule has 4 nitrogen and oxygen atoms in total. The quantitative estimate of drug-likeness (QED) is 0.746. The lowest BCUT2D eigenvalue weighted by Gasteiger charge is -2.19. The normalized spacial score (nSPS) is 15.0. The third kappa shape index (κ3) is 3.50. The molecular weight excluding hydrogens is 328 g/mol. The fraction of sp³-hybridized carbons (Fsp3) is 0.364. The van der Waals surface area contributed by atoms with Gasteiger partial charge in [-0.2, -0.15) is 0 Å². The van der Waals surface area contributed by atoms with Gasteiger partial charge in [-0.3, -0.25) is 9.59 Å². The zero-order valence-corrected chi connectivity index (χ0v) is 15.1. The Morgan fingerprint density at radius 1 is 1.04 bits per heavy atom. The van der Waals surface area contributed by atoms with Gasteiger partial charge in [0.25, 0.3) is 0 Å². The smallest absolute Gasteiger partial charge is 0.307 e. The van der Waals surface area contributed by atoms with Crippen molar-refractivity contribution in [2.75, 3.05) is 6.61 Å². The molecule has 0 spiro atoms. The highest BCUT2D eigenvalue weighted by atomic mass is 16.5. The van der Waals surface area contributed by atoms with E-state index in [4.69, 9.17) is 4.74 Å². The molecule has 1 aliphatic rings. The summed E-state index contributed by atoms with van der Waals surface area (Å²) in [5.74, 6) is -2.14. The van der Waals surface area contributed by atoms with Gasteiger partial charge in [0.15, 0.2) is 0 Å². The van der Waals surface area contributed by atoms with Crippen LogP contribution in [-0.2, 0) is 14.3 Å². The molecule has 26 heavy (non-hydrogen) atoms. The first-order valence-electron chi connectivity index (χ1n) is 9.09. The van der Waals surface area contributed by atoms with Crippen LogP contribution in [0, 0.1) is 11.8 Å². The van der Waals surface area contributed by atoms with Crippen LogP contribution in [0.2, 0.25) is 0 Å². The van der Waals surface area contributed by atoms with E-state index in [0.29, 0.717) is 6.42 Å². The van der Waals surface area contributed by atoms with Gasteiger partial charge in [0.05, 0.1) is 12.3 Å². The van der Waals surface area contributed by atoms with Crippen LogP contribution >= 0.6 is 0 Å².